The lowest BCUT2D eigenvalue weighted by Gasteiger charge is -2.60. The van der Waals surface area contributed by atoms with Crippen LogP contribution in [-0.2, 0) is 30.4 Å². The number of fused-ring (bicyclic) bond motifs is 5. The summed E-state index contributed by atoms with van der Waals surface area (Å²) in [7, 11) is 0. The minimum Gasteiger partial charge on any atom is -0.508 e. The normalized spacial score (nSPS) is 35.3. The highest BCUT2D eigenvalue weighted by atomic mass is 16.6. The second-order valence-electron chi connectivity index (χ2n) is 13.7. The lowest BCUT2D eigenvalue weighted by molar-refractivity contribution is -0.181. The van der Waals surface area contributed by atoms with Gasteiger partial charge in [-0.3, -0.25) is 9.59 Å². The number of hydrogen-bond donors (Lipinski definition) is 5. The first-order chi connectivity index (χ1) is 21.4. The summed E-state index contributed by atoms with van der Waals surface area (Å²) in [5.74, 6) is -1.34. The molecule has 0 unspecified atom stereocenters. The van der Waals surface area contributed by atoms with Gasteiger partial charge < -0.3 is 35.3 Å². The van der Waals surface area contributed by atoms with Crippen molar-refractivity contribution in [2.75, 3.05) is 19.8 Å². The number of carbonyl (C=O) groups is 3. The van der Waals surface area contributed by atoms with Crippen LogP contribution >= 0.6 is 0 Å². The van der Waals surface area contributed by atoms with E-state index in [4.69, 9.17) is 9.57 Å². The fourth-order valence-corrected chi connectivity index (χ4v) is 9.08. The number of esters is 1. The van der Waals surface area contributed by atoms with Gasteiger partial charge in [0.25, 0.3) is 5.91 Å². The van der Waals surface area contributed by atoms with Gasteiger partial charge in [-0.05, 0) is 98.8 Å². The standard InChI is InChI=1S/C34H46N2O9/c1-4-44-31(42)26(15-20-5-8-23(38)9-6-20)35-29(41)19-45-36-22-11-13-32(2)21(16-22)7-10-24-25-12-14-34(43,28(40)18-37)33(25,3)17-27(39)30(24)32/h5-6,8-9,16,24-27,30,37-39,43H,4,7,10-15,17-19H2,1-3H3,(H,35,41)/b36-22-/t24-,25+,26+,27-,30-,32+,33+,34+/m1/s1. The molecule has 11 heteroatoms. The Morgan fingerprint density at radius 2 is 1.84 bits per heavy atom. The first-order valence-corrected chi connectivity index (χ1v) is 16.0. The molecule has 4 aliphatic carbocycles. The van der Waals surface area contributed by atoms with Gasteiger partial charge in [0, 0.05) is 11.8 Å². The molecule has 1 aromatic rings. The Kier molecular flexibility index (Phi) is 9.45. The lowest BCUT2D eigenvalue weighted by Crippen LogP contribution is -2.62. The van der Waals surface area contributed by atoms with Crippen LogP contribution < -0.4 is 5.32 Å². The summed E-state index contributed by atoms with van der Waals surface area (Å²) in [4.78, 5) is 43.3. The van der Waals surface area contributed by atoms with Crippen molar-refractivity contribution < 1.29 is 44.4 Å². The molecule has 5 rings (SSSR count). The number of nitrogens with one attached hydrogen (secondary N) is 1. The van der Waals surface area contributed by atoms with Crippen LogP contribution in [0, 0.1) is 28.6 Å². The van der Waals surface area contributed by atoms with E-state index in [9.17, 15) is 34.8 Å². The van der Waals surface area contributed by atoms with E-state index >= 15 is 0 Å². The molecule has 8 atom stereocenters. The van der Waals surface area contributed by atoms with Crippen LogP contribution in [0.15, 0.2) is 41.1 Å². The van der Waals surface area contributed by atoms with Gasteiger partial charge in [0.2, 0.25) is 0 Å². The second-order valence-corrected chi connectivity index (χ2v) is 13.7. The zero-order valence-corrected chi connectivity index (χ0v) is 26.3. The maximum absolute atomic E-state index is 12.7. The molecule has 5 N–H and O–H groups in total. The van der Waals surface area contributed by atoms with E-state index < -0.39 is 47.4 Å². The van der Waals surface area contributed by atoms with Gasteiger partial charge in [-0.15, -0.1) is 0 Å². The third-order valence-electron chi connectivity index (χ3n) is 11.3. The molecule has 4 aliphatic rings. The zero-order valence-electron chi connectivity index (χ0n) is 26.3. The van der Waals surface area contributed by atoms with E-state index in [1.807, 2.05) is 13.0 Å². The largest absolute Gasteiger partial charge is 0.508 e. The number of benzene rings is 1. The van der Waals surface area contributed by atoms with Crippen LogP contribution in [-0.4, -0.2) is 81.4 Å². The number of phenolic OH excluding ortho intramolecular Hbond substituents is 1. The highest BCUT2D eigenvalue weighted by Crippen LogP contribution is 2.67. The van der Waals surface area contributed by atoms with Crippen molar-refractivity contribution >= 4 is 23.4 Å². The highest BCUT2D eigenvalue weighted by Gasteiger charge is 2.68. The van der Waals surface area contributed by atoms with Crippen molar-refractivity contribution in [3.8, 4) is 5.75 Å². The predicted octanol–water partition coefficient (Wildman–Crippen LogP) is 2.58. The Balaban J connectivity index is 1.23. The third-order valence-corrected chi connectivity index (χ3v) is 11.3. The number of aromatic hydroxyl groups is 1. The molecule has 0 saturated heterocycles. The molecule has 3 saturated carbocycles. The number of oxime groups is 1. The number of aliphatic hydroxyl groups is 3. The SMILES string of the molecule is CCOC(=O)[C@H](Cc1ccc(O)cc1)NC(=O)CO/N=C1\C=C2CC[C@H]3[C@H]([C@H](O)C[C@@]4(C)[C@H]3CC[C@]4(O)C(=O)CO)[C@@]2(C)CC1. The summed E-state index contributed by atoms with van der Waals surface area (Å²) in [6, 6.07) is 5.44. The smallest absolute Gasteiger partial charge is 0.328 e. The van der Waals surface area contributed by atoms with Crippen LogP contribution in [0.25, 0.3) is 0 Å². The Labute approximate surface area is 263 Å². The predicted molar refractivity (Wildman–Crippen MR) is 164 cm³/mol. The minimum atomic E-state index is -1.62. The summed E-state index contributed by atoms with van der Waals surface area (Å²) in [6.07, 6.45) is 5.76. The molecule has 1 aromatic carbocycles. The fourth-order valence-electron chi connectivity index (χ4n) is 9.08. The quantitative estimate of drug-likeness (QED) is 0.193. The molecule has 1 amide bonds. The average Bonchev–Trinajstić information content (AvgIpc) is 3.28. The lowest BCUT2D eigenvalue weighted by atomic mass is 9.45. The number of aliphatic hydroxyl groups excluding tert-OH is 2. The van der Waals surface area contributed by atoms with Crippen molar-refractivity contribution in [1.82, 2.24) is 5.32 Å². The van der Waals surface area contributed by atoms with Crippen LogP contribution in [0.5, 0.6) is 5.75 Å². The maximum atomic E-state index is 12.7. The number of phenols is 1. The van der Waals surface area contributed by atoms with Gasteiger partial charge in [0.05, 0.1) is 18.4 Å². The zero-order chi connectivity index (χ0) is 32.6. The van der Waals surface area contributed by atoms with E-state index in [-0.39, 0.29) is 48.6 Å². The molecule has 45 heavy (non-hydrogen) atoms. The van der Waals surface area contributed by atoms with Crippen LogP contribution in [0.1, 0.15) is 71.3 Å². The molecule has 0 heterocycles. The summed E-state index contributed by atoms with van der Waals surface area (Å²) in [6.45, 7) is 4.87. The van der Waals surface area contributed by atoms with Gasteiger partial charge in [-0.2, -0.15) is 0 Å². The summed E-state index contributed by atoms with van der Waals surface area (Å²) in [5.41, 5.74) is -0.0411. The summed E-state index contributed by atoms with van der Waals surface area (Å²) >= 11 is 0. The molecule has 0 bridgehead atoms. The van der Waals surface area contributed by atoms with Gasteiger partial charge in [-0.25, -0.2) is 4.79 Å². The van der Waals surface area contributed by atoms with E-state index in [2.05, 4.69) is 17.4 Å². The number of Topliss-reactive ketones (excluding diaryl/α,β-unsaturated/α-hetero) is 1. The second kappa shape index (κ2) is 12.8. The molecule has 246 valence electrons. The van der Waals surface area contributed by atoms with Crippen molar-refractivity contribution in [2.24, 2.45) is 33.7 Å². The topological polar surface area (TPSA) is 175 Å². The molecule has 3 fully saturated rings. The van der Waals surface area contributed by atoms with Gasteiger partial charge in [-0.1, -0.05) is 36.7 Å². The van der Waals surface area contributed by atoms with E-state index in [1.165, 1.54) is 17.7 Å². The van der Waals surface area contributed by atoms with Gasteiger partial charge in [0.1, 0.15) is 24.0 Å². The van der Waals surface area contributed by atoms with Crippen LogP contribution in [0.4, 0.5) is 0 Å². The number of rotatable bonds is 10. The average molecular weight is 627 g/mol. The van der Waals surface area contributed by atoms with Crippen molar-refractivity contribution in [2.45, 2.75) is 89.9 Å². The third kappa shape index (κ3) is 6.02. The van der Waals surface area contributed by atoms with Crippen molar-refractivity contribution in [1.29, 1.82) is 0 Å². The van der Waals surface area contributed by atoms with Crippen LogP contribution in [0.2, 0.25) is 0 Å². The fraction of sp³-hybridized carbons (Fsp3) is 0.647. The number of nitrogens with zero attached hydrogens (tertiary/aromatic N) is 1. The maximum Gasteiger partial charge on any atom is 0.328 e. The Bertz CT molecular complexity index is 1360. The molecule has 0 spiro atoms. The molecule has 0 radical (unpaired) electrons. The van der Waals surface area contributed by atoms with E-state index in [1.54, 1.807) is 19.1 Å². The van der Waals surface area contributed by atoms with Crippen molar-refractivity contribution in [3.63, 3.8) is 0 Å². The van der Waals surface area contributed by atoms with E-state index in [0.717, 1.165) is 24.8 Å². The Morgan fingerprint density at radius 3 is 2.53 bits per heavy atom. The molecular formula is C34H46N2O9. The number of carbonyl (C=O) groups excluding carboxylic acids is 3. The van der Waals surface area contributed by atoms with Gasteiger partial charge in [0.15, 0.2) is 12.4 Å². The Morgan fingerprint density at radius 1 is 1.11 bits per heavy atom. The molecular weight excluding hydrogens is 580 g/mol. The summed E-state index contributed by atoms with van der Waals surface area (Å²) < 4.78 is 5.13. The molecule has 11 nitrogen and oxygen atoms in total. The van der Waals surface area contributed by atoms with Gasteiger partial charge >= 0.3 is 5.97 Å². The van der Waals surface area contributed by atoms with Crippen LogP contribution in [0.3, 0.4) is 0 Å². The van der Waals surface area contributed by atoms with E-state index in [0.29, 0.717) is 31.4 Å². The highest BCUT2D eigenvalue weighted by molar-refractivity contribution is 5.96. The number of hydrogen-bond acceptors (Lipinski definition) is 10. The van der Waals surface area contributed by atoms with Crippen molar-refractivity contribution in [3.05, 3.63) is 41.5 Å². The number of amides is 1. The Hall–Kier alpha value is -3.28. The monoisotopic (exact) mass is 626 g/mol. The first-order valence-electron chi connectivity index (χ1n) is 16.0. The number of ether oxygens (including phenoxy) is 1. The number of ketones is 1. The number of allylic oxidation sites excluding steroid dienone is 2. The molecule has 0 aliphatic heterocycles. The first kappa shape index (κ1) is 33.1. The minimum absolute atomic E-state index is 0.0243. The summed E-state index contributed by atoms with van der Waals surface area (Å²) in [5, 5.41) is 49.0. The molecule has 0 aromatic heterocycles.